The third kappa shape index (κ3) is 2.50. The number of rotatable bonds is 4. The number of thiazole rings is 1. The Bertz CT molecular complexity index is 589. The lowest BCUT2D eigenvalue weighted by Crippen LogP contribution is -2.25. The Kier molecular flexibility index (Phi) is 3.28. The highest BCUT2D eigenvalue weighted by molar-refractivity contribution is 7.15. The number of aromatic nitrogens is 2. The van der Waals surface area contributed by atoms with Crippen molar-refractivity contribution >= 4 is 11.3 Å². The van der Waals surface area contributed by atoms with Gasteiger partial charge in [-0.25, -0.2) is 4.98 Å². The van der Waals surface area contributed by atoms with Crippen molar-refractivity contribution in [2.24, 2.45) is 0 Å². The van der Waals surface area contributed by atoms with Crippen molar-refractivity contribution in [2.45, 2.75) is 44.1 Å². The maximum Gasteiger partial charge on any atom is 0.125 e. The van der Waals surface area contributed by atoms with E-state index in [1.807, 2.05) is 29.8 Å². The second-order valence-corrected chi connectivity index (χ2v) is 6.92. The quantitative estimate of drug-likeness (QED) is 0.936. The van der Waals surface area contributed by atoms with Gasteiger partial charge >= 0.3 is 0 Å². The molecule has 1 saturated carbocycles. The van der Waals surface area contributed by atoms with Gasteiger partial charge in [-0.15, -0.1) is 11.3 Å². The van der Waals surface area contributed by atoms with Crippen molar-refractivity contribution in [1.29, 1.82) is 0 Å². The molecule has 0 aromatic carbocycles. The minimum absolute atomic E-state index is 0.612. The zero-order chi connectivity index (χ0) is 13.4. The summed E-state index contributed by atoms with van der Waals surface area (Å²) in [7, 11) is 0. The number of aryl methyl sites for hydroxylation is 1. The van der Waals surface area contributed by atoms with Gasteiger partial charge in [-0.1, -0.05) is 0 Å². The Hall–Kier alpha value is -1.26. The van der Waals surface area contributed by atoms with E-state index in [1.165, 1.54) is 42.7 Å². The molecule has 0 saturated heterocycles. The molecule has 0 radical (unpaired) electrons. The molecule has 2 heterocycles. The minimum atomic E-state index is 0.612. The highest BCUT2D eigenvalue weighted by Crippen LogP contribution is 2.38. The molecule has 20 heavy (non-hydrogen) atoms. The molecule has 0 spiro atoms. The summed E-state index contributed by atoms with van der Waals surface area (Å²) in [6.45, 7) is 1.11. The molecule has 0 aliphatic heterocycles. The fourth-order valence-electron chi connectivity index (χ4n) is 2.92. The second kappa shape index (κ2) is 5.26. The Morgan fingerprint density at radius 3 is 3.05 bits per heavy atom. The largest absolute Gasteiger partial charge is 0.313 e. The predicted octanol–water partition coefficient (Wildman–Crippen LogP) is 3.38. The number of hydrogen-bond acceptors (Lipinski definition) is 4. The van der Waals surface area contributed by atoms with Gasteiger partial charge in [0.25, 0.3) is 0 Å². The van der Waals surface area contributed by atoms with Gasteiger partial charge in [-0.3, -0.25) is 4.98 Å². The van der Waals surface area contributed by atoms with E-state index in [1.54, 1.807) is 0 Å². The molecule has 4 heteroatoms. The van der Waals surface area contributed by atoms with Crippen molar-refractivity contribution in [1.82, 2.24) is 15.3 Å². The van der Waals surface area contributed by atoms with Crippen LogP contribution < -0.4 is 5.32 Å². The molecule has 2 aromatic rings. The Morgan fingerprint density at radius 1 is 1.30 bits per heavy atom. The van der Waals surface area contributed by atoms with Crippen molar-refractivity contribution in [3.63, 3.8) is 0 Å². The van der Waals surface area contributed by atoms with Gasteiger partial charge in [0.15, 0.2) is 0 Å². The van der Waals surface area contributed by atoms with E-state index >= 15 is 0 Å². The highest BCUT2D eigenvalue weighted by Gasteiger charge is 2.27. The fourth-order valence-corrected chi connectivity index (χ4v) is 4.09. The maximum absolute atomic E-state index is 4.94. The lowest BCUT2D eigenvalue weighted by Gasteiger charge is -2.21. The van der Waals surface area contributed by atoms with Crippen LogP contribution in [0.15, 0.2) is 24.5 Å². The summed E-state index contributed by atoms with van der Waals surface area (Å²) in [4.78, 5) is 10.6. The van der Waals surface area contributed by atoms with E-state index in [0.717, 1.165) is 23.2 Å². The van der Waals surface area contributed by atoms with Gasteiger partial charge in [0, 0.05) is 41.3 Å². The van der Waals surface area contributed by atoms with Crippen LogP contribution in [0.4, 0.5) is 0 Å². The second-order valence-electron chi connectivity index (χ2n) is 5.84. The van der Waals surface area contributed by atoms with Crippen LogP contribution in [0.1, 0.15) is 42.2 Å². The summed E-state index contributed by atoms with van der Waals surface area (Å²) in [5.41, 5.74) is 2.51. The van der Waals surface area contributed by atoms with Crippen LogP contribution in [0, 0.1) is 0 Å². The number of nitrogens with one attached hydrogen (secondary N) is 1. The lowest BCUT2D eigenvalue weighted by molar-refractivity contribution is 0.500. The first-order valence-electron chi connectivity index (χ1n) is 7.53. The first kappa shape index (κ1) is 12.5. The maximum atomic E-state index is 4.94. The molecule has 2 aliphatic carbocycles. The predicted molar refractivity (Wildman–Crippen MR) is 82.0 cm³/mol. The van der Waals surface area contributed by atoms with Crippen LogP contribution >= 0.6 is 11.3 Å². The Balaban J connectivity index is 1.59. The van der Waals surface area contributed by atoms with E-state index in [2.05, 4.69) is 16.4 Å². The fraction of sp³-hybridized carbons (Fsp3) is 0.500. The van der Waals surface area contributed by atoms with Crippen LogP contribution in [0.2, 0.25) is 0 Å². The van der Waals surface area contributed by atoms with Crippen molar-refractivity contribution in [3.05, 3.63) is 35.1 Å². The van der Waals surface area contributed by atoms with Crippen molar-refractivity contribution in [2.75, 3.05) is 6.54 Å². The molecule has 4 rings (SSSR count). The van der Waals surface area contributed by atoms with Gasteiger partial charge < -0.3 is 5.32 Å². The highest BCUT2D eigenvalue weighted by atomic mass is 32.1. The molecule has 1 unspecified atom stereocenters. The third-order valence-electron chi connectivity index (χ3n) is 4.21. The van der Waals surface area contributed by atoms with Crippen molar-refractivity contribution in [3.8, 4) is 10.6 Å². The van der Waals surface area contributed by atoms with Crippen LogP contribution in [-0.4, -0.2) is 22.6 Å². The topological polar surface area (TPSA) is 37.8 Å². The summed E-state index contributed by atoms with van der Waals surface area (Å²) in [5, 5.41) is 4.81. The van der Waals surface area contributed by atoms with E-state index in [4.69, 9.17) is 4.98 Å². The molecule has 104 valence electrons. The van der Waals surface area contributed by atoms with E-state index < -0.39 is 0 Å². The monoisotopic (exact) mass is 285 g/mol. The number of nitrogens with zero attached hydrogens (tertiary/aromatic N) is 2. The summed E-state index contributed by atoms with van der Waals surface area (Å²) in [6.07, 6.45) is 10.2. The smallest absolute Gasteiger partial charge is 0.125 e. The number of fused-ring (bicyclic) bond motifs is 1. The molecule has 2 aliphatic rings. The third-order valence-corrected chi connectivity index (χ3v) is 5.39. The van der Waals surface area contributed by atoms with Gasteiger partial charge in [0.05, 0.1) is 5.69 Å². The molecule has 3 nitrogen and oxygen atoms in total. The average Bonchev–Trinajstić information content (AvgIpc) is 3.22. The van der Waals surface area contributed by atoms with Crippen LogP contribution in [-0.2, 0) is 6.42 Å². The summed E-state index contributed by atoms with van der Waals surface area (Å²) in [6, 6.07) is 4.88. The molecular formula is C16H19N3S. The van der Waals surface area contributed by atoms with Gasteiger partial charge in [0.1, 0.15) is 5.01 Å². The first-order valence-corrected chi connectivity index (χ1v) is 8.35. The minimum Gasteiger partial charge on any atom is -0.313 e. The molecule has 0 bridgehead atoms. The zero-order valence-electron chi connectivity index (χ0n) is 11.5. The normalized spacial score (nSPS) is 21.7. The first-order chi connectivity index (χ1) is 9.90. The molecule has 0 amide bonds. The van der Waals surface area contributed by atoms with Gasteiger partial charge in [-0.2, -0.15) is 0 Å². The van der Waals surface area contributed by atoms with Crippen LogP contribution in [0.25, 0.3) is 10.6 Å². The lowest BCUT2D eigenvalue weighted by atomic mass is 9.91. The van der Waals surface area contributed by atoms with Gasteiger partial charge in [-0.05, 0) is 44.2 Å². The zero-order valence-corrected chi connectivity index (χ0v) is 12.3. The van der Waals surface area contributed by atoms with E-state index in [-0.39, 0.29) is 0 Å². The number of pyridine rings is 1. The SMILES string of the molecule is c1cncc(-c2nc3c(s2)CCCC3CNC2CC2)c1. The molecule has 1 atom stereocenters. The standard InChI is InChI=1S/C16H19N3S/c1-3-11(10-18-13-6-7-13)15-14(5-1)20-16(19-15)12-4-2-8-17-9-12/h2,4,8-9,11,13,18H,1,3,5-7,10H2. The summed E-state index contributed by atoms with van der Waals surface area (Å²) in [5.74, 6) is 0.612. The summed E-state index contributed by atoms with van der Waals surface area (Å²) >= 11 is 1.86. The number of hydrogen-bond donors (Lipinski definition) is 1. The van der Waals surface area contributed by atoms with Crippen molar-refractivity contribution < 1.29 is 0 Å². The Morgan fingerprint density at radius 2 is 2.25 bits per heavy atom. The Labute approximate surface area is 123 Å². The average molecular weight is 285 g/mol. The van der Waals surface area contributed by atoms with Crippen LogP contribution in [0.3, 0.4) is 0 Å². The molecular weight excluding hydrogens is 266 g/mol. The molecule has 2 aromatic heterocycles. The van der Waals surface area contributed by atoms with E-state index in [0.29, 0.717) is 5.92 Å². The van der Waals surface area contributed by atoms with Gasteiger partial charge in [0.2, 0.25) is 0 Å². The molecule has 1 fully saturated rings. The van der Waals surface area contributed by atoms with Crippen LogP contribution in [0.5, 0.6) is 0 Å². The molecule has 1 N–H and O–H groups in total. The van der Waals surface area contributed by atoms with E-state index in [9.17, 15) is 0 Å². The summed E-state index contributed by atoms with van der Waals surface area (Å²) < 4.78 is 0.